The molecule has 1 amide bonds. The molecule has 2 aromatic rings. The molecule has 34 heavy (non-hydrogen) atoms. The van der Waals surface area contributed by atoms with Crippen molar-refractivity contribution >= 4 is 6.09 Å². The van der Waals surface area contributed by atoms with Crippen molar-refractivity contribution in [2.75, 3.05) is 0 Å². The maximum absolute atomic E-state index is 12.2. The zero-order valence-corrected chi connectivity index (χ0v) is 21.8. The van der Waals surface area contributed by atoms with Gasteiger partial charge < -0.3 is 14.4 Å². The van der Waals surface area contributed by atoms with Gasteiger partial charge in [0.15, 0.2) is 11.9 Å². The summed E-state index contributed by atoms with van der Waals surface area (Å²) in [5.41, 5.74) is 0.522. The Kier molecular flexibility index (Phi) is 6.19. The number of carboxylic acid groups (broad SMARTS) is 1. The summed E-state index contributed by atoms with van der Waals surface area (Å²) < 4.78 is 8.38. The zero-order valence-electron chi connectivity index (χ0n) is 21.8. The average Bonchev–Trinajstić information content (AvgIpc) is 3.16. The van der Waals surface area contributed by atoms with Crippen LogP contribution in [-0.4, -0.2) is 41.9 Å². The maximum Gasteiger partial charge on any atom is 0.408 e. The first-order chi connectivity index (χ1) is 15.9. The molecule has 0 aliphatic heterocycles. The van der Waals surface area contributed by atoms with E-state index < -0.39 is 11.6 Å². The summed E-state index contributed by atoms with van der Waals surface area (Å²) in [4.78, 5) is 13.9. The van der Waals surface area contributed by atoms with Crippen LogP contribution in [0.4, 0.5) is 4.79 Å². The molecule has 3 fully saturated rings. The summed E-state index contributed by atoms with van der Waals surface area (Å²) >= 11 is 0. The van der Waals surface area contributed by atoms with Crippen molar-refractivity contribution in [2.45, 2.75) is 109 Å². The van der Waals surface area contributed by atoms with Gasteiger partial charge >= 0.3 is 6.09 Å². The second-order valence-electron chi connectivity index (χ2n) is 11.7. The minimum Gasteiger partial charge on any atom is -0.483 e. The fourth-order valence-corrected chi connectivity index (χ4v) is 6.40. The molecule has 0 radical (unpaired) electrons. The maximum atomic E-state index is 12.2. The molecule has 0 spiro atoms. The van der Waals surface area contributed by atoms with Crippen molar-refractivity contribution in [3.63, 3.8) is 0 Å². The molecule has 7 heteroatoms. The standard InChI is InChI=1S/C27H40N4O3/c1-18(2)20-9-8-10-21(17-20)34-19(3)22-28-29-23(30(22)7)26-11-14-27(15-12-26,16-13-26)31(24(32)33)25(4,5)6/h8-10,17-19H,11-16H2,1-7H3,(H,32,33)/t19-,26?,27?/m0/s1. The summed E-state index contributed by atoms with van der Waals surface area (Å²) in [5.74, 6) is 3.13. The van der Waals surface area contributed by atoms with Crippen LogP contribution in [0.1, 0.15) is 109 Å². The normalized spacial score (nSPS) is 25.4. The van der Waals surface area contributed by atoms with Crippen LogP contribution in [-0.2, 0) is 12.5 Å². The number of nitrogens with zero attached hydrogens (tertiary/aromatic N) is 4. The minimum atomic E-state index is -0.810. The molecule has 1 N–H and O–H groups in total. The Bertz CT molecular complexity index is 1030. The van der Waals surface area contributed by atoms with E-state index in [2.05, 4.69) is 40.7 Å². The Morgan fingerprint density at radius 3 is 2.24 bits per heavy atom. The van der Waals surface area contributed by atoms with Crippen molar-refractivity contribution in [1.29, 1.82) is 0 Å². The van der Waals surface area contributed by atoms with E-state index in [9.17, 15) is 9.90 Å². The molecule has 3 saturated carbocycles. The number of hydrogen-bond donors (Lipinski definition) is 1. The second-order valence-corrected chi connectivity index (χ2v) is 11.7. The van der Waals surface area contributed by atoms with E-state index in [1.807, 2.05) is 46.9 Å². The number of hydrogen-bond acceptors (Lipinski definition) is 4. The van der Waals surface area contributed by atoms with E-state index in [1.54, 1.807) is 4.90 Å². The van der Waals surface area contributed by atoms with Gasteiger partial charge in [-0.2, -0.15) is 0 Å². The van der Waals surface area contributed by atoms with Crippen LogP contribution in [0.2, 0.25) is 0 Å². The van der Waals surface area contributed by atoms with Crippen molar-refractivity contribution in [1.82, 2.24) is 19.7 Å². The van der Waals surface area contributed by atoms with Crippen molar-refractivity contribution in [3.8, 4) is 5.75 Å². The topological polar surface area (TPSA) is 80.5 Å². The number of ether oxygens (including phenoxy) is 1. The molecule has 1 aromatic carbocycles. The van der Waals surface area contributed by atoms with Gasteiger partial charge in [0.05, 0.1) is 0 Å². The lowest BCUT2D eigenvalue weighted by Crippen LogP contribution is -2.64. The summed E-state index contributed by atoms with van der Waals surface area (Å²) in [7, 11) is 2.04. The van der Waals surface area contributed by atoms with E-state index in [0.29, 0.717) is 5.92 Å². The van der Waals surface area contributed by atoms with Gasteiger partial charge in [0.2, 0.25) is 0 Å². The Morgan fingerprint density at radius 2 is 1.71 bits per heavy atom. The third kappa shape index (κ3) is 4.18. The van der Waals surface area contributed by atoms with Crippen LogP contribution in [0.3, 0.4) is 0 Å². The minimum absolute atomic E-state index is 0.0406. The van der Waals surface area contributed by atoms with E-state index in [0.717, 1.165) is 55.9 Å². The molecule has 0 unspecified atom stereocenters. The first-order valence-corrected chi connectivity index (χ1v) is 12.6. The Labute approximate surface area is 203 Å². The van der Waals surface area contributed by atoms with Crippen LogP contribution in [0.25, 0.3) is 0 Å². The lowest BCUT2D eigenvalue weighted by atomic mass is 9.56. The molecular formula is C27H40N4O3. The molecule has 7 nitrogen and oxygen atoms in total. The fraction of sp³-hybridized carbons (Fsp3) is 0.667. The highest BCUT2D eigenvalue weighted by atomic mass is 16.5. The number of amides is 1. The van der Waals surface area contributed by atoms with Crippen molar-refractivity contribution < 1.29 is 14.6 Å². The molecule has 3 aliphatic rings. The Hall–Kier alpha value is -2.57. The average molecular weight is 469 g/mol. The molecular weight excluding hydrogens is 428 g/mol. The first kappa shape index (κ1) is 24.6. The van der Waals surface area contributed by atoms with Crippen molar-refractivity contribution in [3.05, 3.63) is 41.5 Å². The summed E-state index contributed by atoms with van der Waals surface area (Å²) in [6.07, 6.45) is 4.38. The smallest absolute Gasteiger partial charge is 0.408 e. The number of benzene rings is 1. The first-order valence-electron chi connectivity index (χ1n) is 12.6. The lowest BCUT2D eigenvalue weighted by Gasteiger charge is -2.59. The van der Waals surface area contributed by atoms with E-state index in [-0.39, 0.29) is 17.1 Å². The van der Waals surface area contributed by atoms with Crippen molar-refractivity contribution in [2.24, 2.45) is 7.05 Å². The van der Waals surface area contributed by atoms with Gasteiger partial charge in [-0.15, -0.1) is 10.2 Å². The molecule has 5 rings (SSSR count). The van der Waals surface area contributed by atoms with Gasteiger partial charge in [-0.3, -0.25) is 4.90 Å². The molecule has 186 valence electrons. The van der Waals surface area contributed by atoms with E-state index in [1.165, 1.54) is 5.56 Å². The van der Waals surface area contributed by atoms with Gasteiger partial charge in [0.25, 0.3) is 0 Å². The van der Waals surface area contributed by atoms with Gasteiger partial charge in [-0.25, -0.2) is 4.79 Å². The van der Waals surface area contributed by atoms with Gasteiger partial charge in [-0.05, 0) is 89.8 Å². The molecule has 0 saturated heterocycles. The largest absolute Gasteiger partial charge is 0.483 e. The molecule has 1 heterocycles. The number of aromatic nitrogens is 3. The third-order valence-corrected chi connectivity index (χ3v) is 8.13. The van der Waals surface area contributed by atoms with E-state index in [4.69, 9.17) is 4.74 Å². The van der Waals surface area contributed by atoms with Crippen LogP contribution in [0.5, 0.6) is 5.75 Å². The summed E-state index contributed by atoms with van der Waals surface area (Å²) in [6, 6.07) is 8.25. The van der Waals surface area contributed by atoms with Gasteiger partial charge in [0, 0.05) is 23.5 Å². The molecule has 1 aromatic heterocycles. The highest BCUT2D eigenvalue weighted by molar-refractivity contribution is 5.67. The molecule has 1 atom stereocenters. The number of carbonyl (C=O) groups is 1. The second kappa shape index (κ2) is 8.58. The van der Waals surface area contributed by atoms with Crippen LogP contribution < -0.4 is 4.74 Å². The quantitative estimate of drug-likeness (QED) is 0.546. The highest BCUT2D eigenvalue weighted by Crippen LogP contribution is 2.56. The number of rotatable bonds is 6. The highest BCUT2D eigenvalue weighted by Gasteiger charge is 2.56. The molecule has 2 bridgehead atoms. The zero-order chi connectivity index (χ0) is 24.9. The van der Waals surface area contributed by atoms with Crippen LogP contribution >= 0.6 is 0 Å². The molecule has 3 aliphatic carbocycles. The van der Waals surface area contributed by atoms with Gasteiger partial charge in [-0.1, -0.05) is 26.0 Å². The summed E-state index contributed by atoms with van der Waals surface area (Å²) in [6.45, 7) is 12.4. The Balaban J connectivity index is 1.53. The van der Waals surface area contributed by atoms with Crippen LogP contribution in [0, 0.1) is 0 Å². The summed E-state index contributed by atoms with van der Waals surface area (Å²) in [5, 5.41) is 19.2. The van der Waals surface area contributed by atoms with Gasteiger partial charge in [0.1, 0.15) is 11.6 Å². The lowest BCUT2D eigenvalue weighted by molar-refractivity contribution is -0.0561. The fourth-order valence-electron chi connectivity index (χ4n) is 6.40. The third-order valence-electron chi connectivity index (χ3n) is 8.13. The predicted molar refractivity (Wildman–Crippen MR) is 132 cm³/mol. The van der Waals surface area contributed by atoms with Crippen LogP contribution in [0.15, 0.2) is 24.3 Å². The monoisotopic (exact) mass is 468 g/mol. The Morgan fingerprint density at radius 1 is 1.09 bits per heavy atom. The predicted octanol–water partition coefficient (Wildman–Crippen LogP) is 6.20. The number of fused-ring (bicyclic) bond motifs is 3. The van der Waals surface area contributed by atoms with E-state index >= 15 is 0 Å². The SMILES string of the molecule is CC(C)c1cccc(O[C@@H](C)c2nnc(C34CCC(N(C(=O)O)C(C)(C)C)(CC3)CC4)n2C)c1.